The third-order valence-corrected chi connectivity index (χ3v) is 2.60. The van der Waals surface area contributed by atoms with E-state index in [9.17, 15) is 4.79 Å². The Morgan fingerprint density at radius 3 is 2.12 bits per heavy atom. The molecule has 0 radical (unpaired) electrons. The lowest BCUT2D eigenvalue weighted by Gasteiger charge is -2.10. The van der Waals surface area contributed by atoms with Crippen molar-refractivity contribution in [1.82, 2.24) is 0 Å². The predicted octanol–water partition coefficient (Wildman–Crippen LogP) is 3.66. The molecule has 0 fully saturated rings. The molecule has 0 aliphatic carbocycles. The lowest BCUT2D eigenvalue weighted by Crippen LogP contribution is -2.12. The van der Waals surface area contributed by atoms with Crippen LogP contribution < -0.4 is 0 Å². The van der Waals surface area contributed by atoms with E-state index in [1.165, 1.54) is 44.9 Å². The minimum Gasteiger partial charge on any atom is -0.438 e. The van der Waals surface area contributed by atoms with E-state index in [4.69, 9.17) is 4.74 Å². The first kappa shape index (κ1) is 15.4. The van der Waals surface area contributed by atoms with Crippen molar-refractivity contribution in [3.8, 4) is 0 Å². The molecule has 0 amide bonds. The number of ether oxygens (including phenoxy) is 2. The molecule has 3 heteroatoms. The first-order chi connectivity index (χ1) is 7.81. The maximum absolute atomic E-state index is 9.97. The first-order valence-corrected chi connectivity index (χ1v) is 6.52. The van der Waals surface area contributed by atoms with Crippen molar-refractivity contribution in [3.05, 3.63) is 0 Å². The van der Waals surface area contributed by atoms with Crippen LogP contribution in [-0.4, -0.2) is 19.4 Å². The molecule has 0 rings (SSSR count). The van der Waals surface area contributed by atoms with E-state index < -0.39 is 6.29 Å². The largest absolute Gasteiger partial charge is 0.438 e. The molecular formula is C13H26O3. The molecule has 0 aromatic carbocycles. The minimum absolute atomic E-state index is 0.401. The molecular weight excluding hydrogens is 204 g/mol. The Kier molecular flexibility index (Phi) is 12.1. The molecule has 0 N–H and O–H groups in total. The van der Waals surface area contributed by atoms with Crippen molar-refractivity contribution < 1.29 is 14.3 Å². The van der Waals surface area contributed by atoms with Crippen molar-refractivity contribution in [1.29, 1.82) is 0 Å². The molecule has 0 aromatic heterocycles. The fourth-order valence-electron chi connectivity index (χ4n) is 1.60. The van der Waals surface area contributed by atoms with Crippen LogP contribution in [0.4, 0.5) is 0 Å². The van der Waals surface area contributed by atoms with Crippen molar-refractivity contribution in [2.24, 2.45) is 0 Å². The standard InChI is InChI=1S/C13H26O3/c1-3-4-5-6-7-8-9-10-11-15-13(2)16-12-14/h12-13H,3-11H2,1-2H3. The van der Waals surface area contributed by atoms with Gasteiger partial charge in [0.1, 0.15) is 0 Å². The summed E-state index contributed by atoms with van der Waals surface area (Å²) in [5, 5.41) is 0. The van der Waals surface area contributed by atoms with Crippen LogP contribution in [0.2, 0.25) is 0 Å². The van der Waals surface area contributed by atoms with Crippen LogP contribution in [0.15, 0.2) is 0 Å². The first-order valence-electron chi connectivity index (χ1n) is 6.52. The topological polar surface area (TPSA) is 35.5 Å². The Morgan fingerprint density at radius 1 is 1.00 bits per heavy atom. The van der Waals surface area contributed by atoms with Gasteiger partial charge >= 0.3 is 0 Å². The van der Waals surface area contributed by atoms with Crippen LogP contribution in [0.3, 0.4) is 0 Å². The number of carbonyl (C=O) groups excluding carboxylic acids is 1. The van der Waals surface area contributed by atoms with Gasteiger partial charge in [0, 0.05) is 0 Å². The zero-order valence-corrected chi connectivity index (χ0v) is 10.7. The third kappa shape index (κ3) is 11.5. The molecule has 0 bridgehead atoms. The highest BCUT2D eigenvalue weighted by atomic mass is 16.7. The number of hydrogen-bond donors (Lipinski definition) is 0. The molecule has 0 saturated carbocycles. The zero-order chi connectivity index (χ0) is 12.1. The summed E-state index contributed by atoms with van der Waals surface area (Å²) in [4.78, 5) is 9.97. The van der Waals surface area contributed by atoms with E-state index in [0.717, 1.165) is 6.42 Å². The maximum atomic E-state index is 9.97. The molecule has 1 unspecified atom stereocenters. The van der Waals surface area contributed by atoms with Crippen LogP contribution in [-0.2, 0) is 14.3 Å². The van der Waals surface area contributed by atoms with Gasteiger partial charge in [-0.3, -0.25) is 4.79 Å². The van der Waals surface area contributed by atoms with E-state index >= 15 is 0 Å². The third-order valence-electron chi connectivity index (χ3n) is 2.60. The van der Waals surface area contributed by atoms with E-state index in [0.29, 0.717) is 13.1 Å². The Morgan fingerprint density at radius 2 is 1.56 bits per heavy atom. The molecule has 0 aromatic rings. The van der Waals surface area contributed by atoms with Crippen molar-refractivity contribution in [3.63, 3.8) is 0 Å². The van der Waals surface area contributed by atoms with Crippen LogP contribution in [0.1, 0.15) is 65.2 Å². The predicted molar refractivity (Wildman–Crippen MR) is 65.2 cm³/mol. The number of carbonyl (C=O) groups is 1. The summed E-state index contributed by atoms with van der Waals surface area (Å²) in [5.74, 6) is 0. The number of hydrogen-bond acceptors (Lipinski definition) is 3. The van der Waals surface area contributed by atoms with E-state index in [-0.39, 0.29) is 0 Å². The van der Waals surface area contributed by atoms with E-state index in [1.807, 2.05) is 0 Å². The smallest absolute Gasteiger partial charge is 0.295 e. The summed E-state index contributed by atoms with van der Waals surface area (Å²) in [5.41, 5.74) is 0. The highest BCUT2D eigenvalue weighted by Crippen LogP contribution is 2.08. The molecule has 16 heavy (non-hydrogen) atoms. The van der Waals surface area contributed by atoms with Crippen LogP contribution >= 0.6 is 0 Å². The zero-order valence-electron chi connectivity index (χ0n) is 10.7. The fourth-order valence-corrected chi connectivity index (χ4v) is 1.60. The van der Waals surface area contributed by atoms with Gasteiger partial charge < -0.3 is 9.47 Å². The molecule has 0 aliphatic heterocycles. The highest BCUT2D eigenvalue weighted by molar-refractivity contribution is 5.37. The number of unbranched alkanes of at least 4 members (excludes halogenated alkanes) is 7. The van der Waals surface area contributed by atoms with Crippen molar-refractivity contribution in [2.45, 2.75) is 71.5 Å². The van der Waals surface area contributed by atoms with Crippen molar-refractivity contribution >= 4 is 6.47 Å². The Balaban J connectivity index is 3.00. The SMILES string of the molecule is CCCCCCCCCCOC(C)OC=O. The lowest BCUT2D eigenvalue weighted by atomic mass is 10.1. The molecule has 0 heterocycles. The van der Waals surface area contributed by atoms with Gasteiger partial charge in [0.15, 0.2) is 6.29 Å². The molecule has 1 atom stereocenters. The molecule has 0 aliphatic rings. The summed E-state index contributed by atoms with van der Waals surface area (Å²) >= 11 is 0. The van der Waals surface area contributed by atoms with Gasteiger partial charge in [-0.1, -0.05) is 51.9 Å². The summed E-state index contributed by atoms with van der Waals surface area (Å²) in [7, 11) is 0. The maximum Gasteiger partial charge on any atom is 0.295 e. The van der Waals surface area contributed by atoms with E-state index in [1.54, 1.807) is 6.92 Å². The van der Waals surface area contributed by atoms with Gasteiger partial charge in [-0.05, 0) is 13.3 Å². The van der Waals surface area contributed by atoms with E-state index in [2.05, 4.69) is 11.7 Å². The summed E-state index contributed by atoms with van der Waals surface area (Å²) < 4.78 is 9.89. The average Bonchev–Trinajstić information content (AvgIpc) is 2.27. The quantitative estimate of drug-likeness (QED) is 0.291. The molecule has 3 nitrogen and oxygen atoms in total. The second kappa shape index (κ2) is 12.5. The molecule has 0 saturated heterocycles. The molecule has 96 valence electrons. The fraction of sp³-hybridized carbons (Fsp3) is 0.923. The van der Waals surface area contributed by atoms with Crippen LogP contribution in [0.5, 0.6) is 0 Å². The van der Waals surface area contributed by atoms with Gasteiger partial charge in [-0.15, -0.1) is 0 Å². The van der Waals surface area contributed by atoms with Gasteiger partial charge in [0.2, 0.25) is 0 Å². The van der Waals surface area contributed by atoms with Gasteiger partial charge in [0.25, 0.3) is 6.47 Å². The van der Waals surface area contributed by atoms with Gasteiger partial charge in [0.05, 0.1) is 6.61 Å². The highest BCUT2D eigenvalue weighted by Gasteiger charge is 1.99. The Bertz CT molecular complexity index is 148. The van der Waals surface area contributed by atoms with Crippen LogP contribution in [0.25, 0.3) is 0 Å². The lowest BCUT2D eigenvalue weighted by molar-refractivity contribution is -0.159. The Labute approximate surface area is 99.5 Å². The number of rotatable bonds is 12. The minimum atomic E-state index is -0.401. The normalized spacial score (nSPS) is 12.4. The second-order valence-corrected chi connectivity index (χ2v) is 4.15. The summed E-state index contributed by atoms with van der Waals surface area (Å²) in [6.45, 7) is 5.08. The average molecular weight is 230 g/mol. The summed E-state index contributed by atoms with van der Waals surface area (Å²) in [6, 6.07) is 0. The van der Waals surface area contributed by atoms with Gasteiger partial charge in [-0.25, -0.2) is 0 Å². The monoisotopic (exact) mass is 230 g/mol. The van der Waals surface area contributed by atoms with Crippen molar-refractivity contribution in [2.75, 3.05) is 6.61 Å². The van der Waals surface area contributed by atoms with Crippen LogP contribution in [0, 0.1) is 0 Å². The Hall–Kier alpha value is -0.570. The van der Waals surface area contributed by atoms with Gasteiger partial charge in [-0.2, -0.15) is 0 Å². The molecule has 0 spiro atoms. The second-order valence-electron chi connectivity index (χ2n) is 4.15. The summed E-state index contributed by atoms with van der Waals surface area (Å²) in [6.07, 6.45) is 9.89.